The standard InChI is InChI=1S/C47H74N2.C39H62N2.C33H54N2.C24H30N/c1-39-19-21-43-44-22-20-40(2)38-46(44)47(45(43)37-39,27-11-5-3-9-17-41-23-33-48(34-24-41)29-13-7-14-30-48)28-12-6-4-10-18-42-25-35-49(36-26-42)31-15-8-16-32-49;1-33-19-21-35-36-22-20-34(2)32-38(36)39(37(35)31-33,23-11-5-7-13-25-40(3)27-15-9-16-28-40)24-12-6-8-14-26-41(4)29-17-10-18-30-41;1-27-17-19-29-30-20-18-28(2)26-32(30)33(31(29)25-27,21-13-9-11-15-23-34(3,4)5)22-14-10-12-16-24-35(6,7)8;1-18-6-8-20-21-9-7-19(2)17-23(21)24(22(20)16-18)10-14-25(15-11-24)12-4-3-5-13-25/h19-22,37-38,41-42H,3-18,23-36H2,1-2H3;19-22,31-32H,5-18,23-30H2,1-4H3;17-20,25-26H,9-16,21-24H2,1-8H3;6-9,16-17H,3-5,10-15H2,1-2H3/q3*+2;+1. The highest BCUT2D eigenvalue weighted by molar-refractivity contribution is 5.85. The number of aryl methyl sites for hydroxylation is 8. The normalized spacial score (nSPS) is 20.8. The molecule has 0 unspecified atom stereocenters. The molecule has 4 aliphatic carbocycles. The van der Waals surface area contributed by atoms with Gasteiger partial charge in [0.25, 0.3) is 0 Å². The molecule has 8 aliphatic heterocycles. The lowest BCUT2D eigenvalue weighted by Crippen LogP contribution is -2.58. The van der Waals surface area contributed by atoms with Crippen LogP contribution in [-0.4, -0.2) is 219 Å². The van der Waals surface area contributed by atoms with Crippen LogP contribution in [0.4, 0.5) is 0 Å². The van der Waals surface area contributed by atoms with E-state index in [-0.39, 0.29) is 21.7 Å². The number of rotatable bonds is 42. The van der Waals surface area contributed by atoms with Crippen molar-refractivity contribution in [2.45, 2.75) is 417 Å². The molecule has 8 aromatic carbocycles. The van der Waals surface area contributed by atoms with Gasteiger partial charge in [0.2, 0.25) is 0 Å². The Hall–Kier alpha value is -6.52. The van der Waals surface area contributed by atoms with Crippen molar-refractivity contribution >= 4 is 0 Å². The molecule has 8 fully saturated rings. The van der Waals surface area contributed by atoms with E-state index in [4.69, 9.17) is 0 Å². The maximum Gasteiger partial charge on any atom is 0.0798 e. The largest absolute Gasteiger partial charge is 0.331 e. The fraction of sp³-hybridized carbons (Fsp3) is 0.664. The molecule has 150 heavy (non-hydrogen) atoms. The summed E-state index contributed by atoms with van der Waals surface area (Å²) in [7, 11) is 18.9. The molecular formula is C143H220N7+7. The van der Waals surface area contributed by atoms with Gasteiger partial charge in [0, 0.05) is 34.5 Å². The lowest BCUT2D eigenvalue weighted by Gasteiger charge is -2.50. The van der Waals surface area contributed by atoms with Gasteiger partial charge in [-0.1, -0.05) is 306 Å². The Labute approximate surface area is 920 Å². The van der Waals surface area contributed by atoms with Crippen molar-refractivity contribution < 1.29 is 31.4 Å². The highest BCUT2D eigenvalue weighted by atomic mass is 15.4. The van der Waals surface area contributed by atoms with E-state index in [1.165, 1.54) is 572 Å². The van der Waals surface area contributed by atoms with Crippen LogP contribution in [0.5, 0.6) is 0 Å². The molecule has 7 heteroatoms. The summed E-state index contributed by atoms with van der Waals surface area (Å²) in [6.45, 7) is 46.8. The molecule has 0 aromatic heterocycles. The van der Waals surface area contributed by atoms with Crippen LogP contribution < -0.4 is 0 Å². The lowest BCUT2D eigenvalue weighted by atomic mass is 9.69. The maximum absolute atomic E-state index is 2.59. The van der Waals surface area contributed by atoms with Crippen molar-refractivity contribution in [1.29, 1.82) is 0 Å². The van der Waals surface area contributed by atoms with E-state index < -0.39 is 0 Å². The van der Waals surface area contributed by atoms with Crippen molar-refractivity contribution in [3.05, 3.63) is 235 Å². The van der Waals surface area contributed by atoms with Crippen LogP contribution in [0.1, 0.15) is 429 Å². The van der Waals surface area contributed by atoms with Gasteiger partial charge in [-0.25, -0.2) is 0 Å². The van der Waals surface area contributed by atoms with Crippen LogP contribution in [0.2, 0.25) is 0 Å². The summed E-state index contributed by atoms with van der Waals surface area (Å²) < 4.78 is 9.21. The van der Waals surface area contributed by atoms with E-state index in [0.717, 1.165) is 20.8 Å². The zero-order chi connectivity index (χ0) is 105. The Morgan fingerprint density at radius 1 is 0.213 bits per heavy atom. The van der Waals surface area contributed by atoms with Gasteiger partial charge in [0.05, 0.1) is 187 Å². The van der Waals surface area contributed by atoms with Crippen LogP contribution in [0.25, 0.3) is 44.5 Å². The first-order valence-corrected chi connectivity index (χ1v) is 64.1. The molecule has 0 atom stereocenters. The number of nitrogens with zero attached hydrogens (tertiary/aromatic N) is 7. The van der Waals surface area contributed by atoms with Crippen LogP contribution in [0, 0.1) is 67.2 Å². The van der Waals surface area contributed by atoms with Gasteiger partial charge in [-0.05, 0) is 368 Å². The predicted molar refractivity (Wildman–Crippen MR) is 647 cm³/mol. The monoisotopic (exact) mass is 2040 g/mol. The molecule has 8 heterocycles. The lowest BCUT2D eigenvalue weighted by molar-refractivity contribution is -0.937. The molecule has 0 N–H and O–H groups in total. The van der Waals surface area contributed by atoms with Gasteiger partial charge in [-0.2, -0.15) is 0 Å². The molecular weight excluding hydrogens is 1820 g/mol. The molecule has 0 saturated carbocycles. The number of benzene rings is 8. The third-order valence-electron chi connectivity index (χ3n) is 42.2. The molecule has 7 nitrogen and oxygen atoms in total. The molecule has 0 bridgehead atoms. The summed E-state index contributed by atoms with van der Waals surface area (Å²) in [5.41, 5.74) is 37.5. The Balaban J connectivity index is 0.000000139. The summed E-state index contributed by atoms with van der Waals surface area (Å²) in [6, 6.07) is 58.3. The average Bonchev–Trinajstić information content (AvgIpc) is 1.57. The number of hydrogen-bond donors (Lipinski definition) is 0. The van der Waals surface area contributed by atoms with Gasteiger partial charge in [-0.3, -0.25) is 0 Å². The van der Waals surface area contributed by atoms with Gasteiger partial charge >= 0.3 is 0 Å². The second kappa shape index (κ2) is 51.9. The van der Waals surface area contributed by atoms with Crippen LogP contribution in [0.3, 0.4) is 0 Å². The molecule has 8 aromatic rings. The first kappa shape index (κ1) is 115. The third kappa shape index (κ3) is 28.4. The summed E-state index contributed by atoms with van der Waals surface area (Å²) in [6.07, 6.45) is 74.8. The minimum Gasteiger partial charge on any atom is -0.331 e. The Morgan fingerprint density at radius 2 is 0.413 bits per heavy atom. The van der Waals surface area contributed by atoms with Crippen molar-refractivity contribution in [3.63, 3.8) is 0 Å². The second-order valence-corrected chi connectivity index (χ2v) is 56.3. The van der Waals surface area contributed by atoms with Crippen molar-refractivity contribution in [3.8, 4) is 44.5 Å². The van der Waals surface area contributed by atoms with Crippen LogP contribution in [-0.2, 0) is 21.7 Å². The topological polar surface area (TPSA) is 0 Å². The molecule has 20 rings (SSSR count). The quantitative estimate of drug-likeness (QED) is 0.0264. The minimum absolute atomic E-state index is 0.197. The first-order valence-electron chi connectivity index (χ1n) is 64.1. The van der Waals surface area contributed by atoms with Crippen LogP contribution >= 0.6 is 0 Å². The SMILES string of the molecule is Cc1ccc2c(c1)C(CCCCCCC1CC[N+]3(CCCCC3)CC1)(CCCCCCC1CC[N+]3(CCCCC3)CC1)c1cc(C)ccc1-2.Cc1ccc2c(c1)C(CCCCCC[N+](C)(C)C)(CCCCCC[N+](C)(C)C)c1cc(C)ccc1-2.Cc1ccc2c(c1)C(CCCCCC[N+]1(C)CCCCC1)(CCCCCC[N+]1(C)CCCCC1)c1cc(C)ccc1-2.Cc1ccc2c(c1)C1(CC[N+]3(CCCCC3)CC1)c1cc(C)ccc1-2. The molecule has 820 valence electrons. The van der Waals surface area contributed by atoms with E-state index in [1.807, 2.05) is 0 Å². The molecule has 4 spiro atoms. The van der Waals surface area contributed by atoms with Crippen molar-refractivity contribution in [2.24, 2.45) is 11.8 Å². The Kier molecular flexibility index (Phi) is 39.6. The third-order valence-corrected chi connectivity index (χ3v) is 42.2. The Morgan fingerprint density at radius 3 is 0.653 bits per heavy atom. The number of fused-ring (bicyclic) bond motifs is 14. The molecule has 0 radical (unpaired) electrons. The first-order chi connectivity index (χ1) is 72.3. The fourth-order valence-corrected chi connectivity index (χ4v) is 33.0. The van der Waals surface area contributed by atoms with E-state index in [1.54, 1.807) is 55.6 Å². The predicted octanol–water partition coefficient (Wildman–Crippen LogP) is 35.1. The van der Waals surface area contributed by atoms with Gasteiger partial charge in [-0.15, -0.1) is 0 Å². The summed E-state index contributed by atoms with van der Waals surface area (Å²) in [4.78, 5) is 0. The number of hydrogen-bond acceptors (Lipinski definition) is 0. The van der Waals surface area contributed by atoms with E-state index in [9.17, 15) is 0 Å². The number of likely N-dealkylation sites (tertiary alicyclic amines) is 2. The smallest absolute Gasteiger partial charge is 0.0798 e. The maximum atomic E-state index is 2.59. The zero-order valence-corrected chi connectivity index (χ0v) is 99.8. The molecule has 12 aliphatic rings. The van der Waals surface area contributed by atoms with Crippen LogP contribution in [0.15, 0.2) is 146 Å². The average molecular weight is 2040 g/mol. The van der Waals surface area contributed by atoms with E-state index in [0.29, 0.717) is 0 Å². The molecule has 8 saturated heterocycles. The van der Waals surface area contributed by atoms with Gasteiger partial charge < -0.3 is 31.4 Å². The molecule has 0 amide bonds. The summed E-state index contributed by atoms with van der Waals surface area (Å²) in [5, 5.41) is 0. The van der Waals surface area contributed by atoms with Crippen molar-refractivity contribution in [1.82, 2.24) is 0 Å². The minimum atomic E-state index is 0.197. The Bertz CT molecular complexity index is 5250. The van der Waals surface area contributed by atoms with E-state index >= 15 is 0 Å². The highest BCUT2D eigenvalue weighted by Crippen LogP contribution is 2.61. The van der Waals surface area contributed by atoms with Gasteiger partial charge in [0.15, 0.2) is 0 Å². The second-order valence-electron chi connectivity index (χ2n) is 56.3. The number of unbranched alkanes of at least 4 members (excludes halogenated alkanes) is 18. The number of piperidine rings is 8. The van der Waals surface area contributed by atoms with Crippen molar-refractivity contribution in [2.75, 3.05) is 187 Å². The summed E-state index contributed by atoms with van der Waals surface area (Å²) >= 11 is 0. The van der Waals surface area contributed by atoms with E-state index in [2.05, 4.69) is 257 Å². The number of quaternary nitrogens is 7. The highest BCUT2D eigenvalue weighted by Gasteiger charge is 2.52. The zero-order valence-electron chi connectivity index (χ0n) is 99.8. The summed E-state index contributed by atoms with van der Waals surface area (Å²) in [5.74, 6) is 2.03. The van der Waals surface area contributed by atoms with Gasteiger partial charge in [0.1, 0.15) is 0 Å². The fourth-order valence-electron chi connectivity index (χ4n) is 33.0.